The molecule has 1 atom stereocenters. The lowest BCUT2D eigenvalue weighted by atomic mass is 9.89. The highest BCUT2D eigenvalue weighted by atomic mass is 16.2. The second-order valence-electron chi connectivity index (χ2n) is 9.16. The molecule has 0 aliphatic carbocycles. The molecule has 0 bridgehead atoms. The number of rotatable bonds is 8. The van der Waals surface area contributed by atoms with E-state index in [1.165, 1.54) is 57.3 Å². The Morgan fingerprint density at radius 3 is 2.71 bits per heavy atom. The summed E-state index contributed by atoms with van der Waals surface area (Å²) in [6, 6.07) is 3.94. The second-order valence-corrected chi connectivity index (χ2v) is 9.16. The van der Waals surface area contributed by atoms with Crippen LogP contribution in [0.5, 0.6) is 0 Å². The van der Waals surface area contributed by atoms with Gasteiger partial charge < -0.3 is 4.90 Å². The fraction of sp³-hybridized carbons (Fsp3) is 0.625. The molecule has 2 fully saturated rings. The maximum Gasteiger partial charge on any atom is 0.328 e. The summed E-state index contributed by atoms with van der Waals surface area (Å²) < 4.78 is 1.81. The standard InChI is InChI=1S/C24H35N5O2/c1-3-5-18(4-2)17-27-10-6-19(7-11-27)14-20-8-13-29-21(15-20)22(16-25-29)28-12-9-23(30)26-24(28)31/h8,13,15-16,18-19H,3-7,9-12,14,17H2,1-2H3,(H,26,30,31). The molecular weight excluding hydrogens is 390 g/mol. The Labute approximate surface area is 184 Å². The van der Waals surface area contributed by atoms with E-state index in [1.54, 1.807) is 11.1 Å². The minimum absolute atomic E-state index is 0.218. The van der Waals surface area contributed by atoms with Gasteiger partial charge in [0.1, 0.15) is 0 Å². The van der Waals surface area contributed by atoms with Gasteiger partial charge in [-0.05, 0) is 68.3 Å². The number of imide groups is 1. The summed E-state index contributed by atoms with van der Waals surface area (Å²) in [7, 11) is 0. The highest BCUT2D eigenvalue weighted by Gasteiger charge is 2.27. The zero-order valence-corrected chi connectivity index (χ0v) is 18.8. The van der Waals surface area contributed by atoms with Gasteiger partial charge in [0, 0.05) is 25.7 Å². The van der Waals surface area contributed by atoms with E-state index >= 15 is 0 Å². The lowest BCUT2D eigenvalue weighted by Gasteiger charge is -2.34. The van der Waals surface area contributed by atoms with Gasteiger partial charge in [0.2, 0.25) is 5.91 Å². The molecule has 2 aliphatic heterocycles. The smallest absolute Gasteiger partial charge is 0.303 e. The molecule has 3 amide bonds. The summed E-state index contributed by atoms with van der Waals surface area (Å²) in [6.07, 6.45) is 11.5. The molecule has 2 aliphatic rings. The van der Waals surface area contributed by atoms with Crippen molar-refractivity contribution in [2.45, 2.75) is 58.8 Å². The first-order valence-corrected chi connectivity index (χ1v) is 11.9. The molecule has 31 heavy (non-hydrogen) atoms. The predicted molar refractivity (Wildman–Crippen MR) is 122 cm³/mol. The van der Waals surface area contributed by atoms with Crippen LogP contribution in [0.1, 0.15) is 57.9 Å². The number of urea groups is 1. The van der Waals surface area contributed by atoms with Gasteiger partial charge in [-0.15, -0.1) is 0 Å². The number of pyridine rings is 1. The van der Waals surface area contributed by atoms with Crippen LogP contribution in [0.2, 0.25) is 0 Å². The van der Waals surface area contributed by atoms with E-state index in [-0.39, 0.29) is 11.9 Å². The quantitative estimate of drug-likeness (QED) is 0.697. The molecule has 0 radical (unpaired) electrons. The molecular formula is C24H35N5O2. The van der Waals surface area contributed by atoms with Crippen LogP contribution in [-0.4, -0.2) is 52.6 Å². The Kier molecular flexibility index (Phi) is 6.90. The third-order valence-corrected chi connectivity index (χ3v) is 6.93. The van der Waals surface area contributed by atoms with E-state index in [2.05, 4.69) is 41.3 Å². The summed E-state index contributed by atoms with van der Waals surface area (Å²) in [5.74, 6) is 1.32. The van der Waals surface area contributed by atoms with Crippen molar-refractivity contribution >= 4 is 23.1 Å². The molecule has 2 aromatic heterocycles. The molecule has 0 aromatic carbocycles. The number of anilines is 1. The van der Waals surface area contributed by atoms with Crippen molar-refractivity contribution in [2.75, 3.05) is 31.1 Å². The lowest BCUT2D eigenvalue weighted by Crippen LogP contribution is -2.49. The van der Waals surface area contributed by atoms with E-state index in [0.29, 0.717) is 18.9 Å². The Hall–Kier alpha value is -2.41. The Morgan fingerprint density at radius 2 is 2.00 bits per heavy atom. The summed E-state index contributed by atoms with van der Waals surface area (Å²) >= 11 is 0. The summed E-state index contributed by atoms with van der Waals surface area (Å²) in [6.45, 7) is 8.66. The molecule has 168 valence electrons. The molecule has 4 heterocycles. The fourth-order valence-electron chi connectivity index (χ4n) is 5.04. The zero-order valence-electron chi connectivity index (χ0n) is 18.8. The Balaban J connectivity index is 1.38. The van der Waals surface area contributed by atoms with Gasteiger partial charge in [0.25, 0.3) is 0 Å². The monoisotopic (exact) mass is 425 g/mol. The van der Waals surface area contributed by atoms with Crippen molar-refractivity contribution < 1.29 is 9.59 Å². The number of nitrogens with one attached hydrogen (secondary N) is 1. The normalized spacial score (nSPS) is 19.7. The van der Waals surface area contributed by atoms with Crippen LogP contribution in [0.15, 0.2) is 24.5 Å². The SMILES string of the molecule is CCCC(CC)CN1CCC(Cc2ccn3ncc(N4CCC(=O)NC4=O)c3c2)CC1. The van der Waals surface area contributed by atoms with Crippen LogP contribution in [0.3, 0.4) is 0 Å². The van der Waals surface area contributed by atoms with Crippen molar-refractivity contribution in [2.24, 2.45) is 11.8 Å². The molecule has 7 heteroatoms. The number of carbonyl (C=O) groups excluding carboxylic acids is 2. The molecule has 2 saturated heterocycles. The summed E-state index contributed by atoms with van der Waals surface area (Å²) in [5, 5.41) is 6.80. The number of piperidine rings is 1. The zero-order chi connectivity index (χ0) is 21.8. The van der Waals surface area contributed by atoms with Gasteiger partial charge in [-0.3, -0.25) is 15.0 Å². The largest absolute Gasteiger partial charge is 0.328 e. The van der Waals surface area contributed by atoms with E-state index < -0.39 is 0 Å². The highest BCUT2D eigenvalue weighted by molar-refractivity contribution is 6.07. The summed E-state index contributed by atoms with van der Waals surface area (Å²) in [4.78, 5) is 28.0. The average Bonchev–Trinajstić information content (AvgIpc) is 3.18. The Bertz CT molecular complexity index is 916. The predicted octanol–water partition coefficient (Wildman–Crippen LogP) is 3.86. The number of amides is 3. The fourth-order valence-corrected chi connectivity index (χ4v) is 5.04. The van der Waals surface area contributed by atoms with Crippen LogP contribution < -0.4 is 10.2 Å². The molecule has 1 N–H and O–H groups in total. The van der Waals surface area contributed by atoms with Crippen LogP contribution in [0, 0.1) is 11.8 Å². The molecule has 2 aromatic rings. The number of carbonyl (C=O) groups is 2. The first-order valence-electron chi connectivity index (χ1n) is 11.9. The first kappa shape index (κ1) is 21.8. The van der Waals surface area contributed by atoms with Gasteiger partial charge in [-0.2, -0.15) is 5.10 Å². The number of aromatic nitrogens is 2. The number of fused-ring (bicyclic) bond motifs is 1. The molecule has 7 nitrogen and oxygen atoms in total. The minimum atomic E-state index is -0.364. The van der Waals surface area contributed by atoms with Crippen molar-refractivity contribution in [3.63, 3.8) is 0 Å². The second kappa shape index (κ2) is 9.81. The Morgan fingerprint density at radius 1 is 1.19 bits per heavy atom. The molecule has 1 unspecified atom stereocenters. The van der Waals surface area contributed by atoms with E-state index in [9.17, 15) is 9.59 Å². The van der Waals surface area contributed by atoms with Crippen molar-refractivity contribution in [3.05, 3.63) is 30.1 Å². The average molecular weight is 426 g/mol. The van der Waals surface area contributed by atoms with E-state index in [1.807, 2.05) is 10.7 Å². The maximum atomic E-state index is 12.3. The van der Waals surface area contributed by atoms with Crippen molar-refractivity contribution in [1.29, 1.82) is 0 Å². The van der Waals surface area contributed by atoms with Crippen LogP contribution in [0.4, 0.5) is 10.5 Å². The third-order valence-electron chi connectivity index (χ3n) is 6.93. The number of nitrogens with zero attached hydrogens (tertiary/aromatic N) is 4. The van der Waals surface area contributed by atoms with Gasteiger partial charge in [-0.1, -0.05) is 26.7 Å². The van der Waals surface area contributed by atoms with Crippen molar-refractivity contribution in [3.8, 4) is 0 Å². The lowest BCUT2D eigenvalue weighted by molar-refractivity contribution is -0.120. The van der Waals surface area contributed by atoms with E-state index in [4.69, 9.17) is 0 Å². The number of hydrogen-bond acceptors (Lipinski definition) is 4. The topological polar surface area (TPSA) is 70.0 Å². The molecule has 0 saturated carbocycles. The molecule has 4 rings (SSSR count). The van der Waals surface area contributed by atoms with Crippen LogP contribution in [0.25, 0.3) is 5.52 Å². The number of hydrogen-bond donors (Lipinski definition) is 1. The summed E-state index contributed by atoms with van der Waals surface area (Å²) in [5.41, 5.74) is 2.98. The molecule has 0 spiro atoms. The van der Waals surface area contributed by atoms with Gasteiger partial charge in [0.15, 0.2) is 0 Å². The first-order chi connectivity index (χ1) is 15.1. The van der Waals surface area contributed by atoms with Gasteiger partial charge >= 0.3 is 6.03 Å². The van der Waals surface area contributed by atoms with Crippen LogP contribution >= 0.6 is 0 Å². The van der Waals surface area contributed by atoms with E-state index in [0.717, 1.165) is 23.5 Å². The third kappa shape index (κ3) is 5.09. The number of likely N-dealkylation sites (tertiary alicyclic amines) is 1. The van der Waals surface area contributed by atoms with Crippen LogP contribution in [-0.2, 0) is 11.2 Å². The minimum Gasteiger partial charge on any atom is -0.303 e. The van der Waals surface area contributed by atoms with Gasteiger partial charge in [-0.25, -0.2) is 9.31 Å². The highest BCUT2D eigenvalue weighted by Crippen LogP contribution is 2.27. The van der Waals surface area contributed by atoms with Gasteiger partial charge in [0.05, 0.1) is 17.4 Å². The maximum absolute atomic E-state index is 12.3. The van der Waals surface area contributed by atoms with Crippen molar-refractivity contribution in [1.82, 2.24) is 19.8 Å².